The third-order valence-corrected chi connectivity index (χ3v) is 5.70. The molecular formula is C23H19O2Re-. The van der Waals surface area contributed by atoms with Gasteiger partial charge in [0, 0.05) is 26.3 Å². The van der Waals surface area contributed by atoms with Crippen LogP contribution in [0, 0.1) is 13.0 Å². The van der Waals surface area contributed by atoms with Crippen molar-refractivity contribution in [3.05, 3.63) is 93.5 Å². The van der Waals surface area contributed by atoms with Gasteiger partial charge in [0.05, 0.1) is 14.2 Å². The summed E-state index contributed by atoms with van der Waals surface area (Å²) in [5.41, 5.74) is 9.19. The van der Waals surface area contributed by atoms with E-state index in [9.17, 15) is 0 Å². The summed E-state index contributed by atoms with van der Waals surface area (Å²) < 4.78 is 11.5. The molecular weight excluding hydrogens is 494 g/mol. The Labute approximate surface area is 167 Å². The largest absolute Gasteiger partial charge is 0.496 e. The number of methoxy groups -OCH3 is 2. The van der Waals surface area contributed by atoms with Crippen molar-refractivity contribution in [2.75, 3.05) is 14.2 Å². The molecule has 0 saturated heterocycles. The quantitative estimate of drug-likeness (QED) is 0.316. The number of hydrogen-bond acceptors (Lipinski definition) is 2. The molecule has 1 radical (unpaired) electrons. The Hall–Kier alpha value is -2.08. The molecule has 0 aliphatic heterocycles. The molecule has 2 bridgehead atoms. The number of rotatable bonds is 2. The van der Waals surface area contributed by atoms with Crippen LogP contribution in [0.2, 0.25) is 0 Å². The molecule has 131 valence electrons. The Balaban J connectivity index is 0.00000168. The van der Waals surface area contributed by atoms with E-state index < -0.39 is 0 Å². The predicted octanol–water partition coefficient (Wildman–Crippen LogP) is 4.80. The van der Waals surface area contributed by atoms with E-state index in [2.05, 4.69) is 61.5 Å². The van der Waals surface area contributed by atoms with E-state index in [-0.39, 0.29) is 32.3 Å². The second kappa shape index (κ2) is 6.27. The Morgan fingerprint density at radius 3 is 1.88 bits per heavy atom. The molecule has 0 spiro atoms. The number of ether oxygens (including phenoxy) is 2. The van der Waals surface area contributed by atoms with Gasteiger partial charge in [-0.05, 0) is 40.3 Å². The average Bonchev–Trinajstić information content (AvgIpc) is 2.66. The molecule has 3 aromatic rings. The fraction of sp³-hybridized carbons (Fsp3) is 0.217. The monoisotopic (exact) mass is 514 g/mol. The van der Waals surface area contributed by atoms with E-state index in [1.807, 2.05) is 0 Å². The van der Waals surface area contributed by atoms with Crippen LogP contribution >= 0.6 is 0 Å². The molecule has 0 atom stereocenters. The van der Waals surface area contributed by atoms with Crippen LogP contribution in [0.15, 0.2) is 48.5 Å². The molecule has 0 unspecified atom stereocenters. The predicted molar refractivity (Wildman–Crippen MR) is 97.9 cm³/mol. The number of benzene rings is 3. The van der Waals surface area contributed by atoms with E-state index in [0.717, 1.165) is 11.5 Å². The second-order valence-electron chi connectivity index (χ2n) is 6.78. The first-order chi connectivity index (χ1) is 12.3. The minimum atomic E-state index is 0. The molecule has 0 fully saturated rings. The van der Waals surface area contributed by atoms with Crippen molar-refractivity contribution < 1.29 is 29.9 Å². The SMILES string of the molecule is COc1cccc2c1C1c3c([c-]ccc3C)C2c2cccc(OC)c21.[Re]. The number of aryl methyl sites for hydroxylation is 1. The van der Waals surface area contributed by atoms with E-state index in [0.29, 0.717) is 0 Å². The molecule has 0 N–H and O–H groups in total. The fourth-order valence-electron chi connectivity index (χ4n) is 4.77. The van der Waals surface area contributed by atoms with Crippen LogP contribution in [0.5, 0.6) is 11.5 Å². The van der Waals surface area contributed by atoms with Gasteiger partial charge in [-0.25, -0.2) is 0 Å². The summed E-state index contributed by atoms with van der Waals surface area (Å²) in [4.78, 5) is 0. The van der Waals surface area contributed by atoms with Gasteiger partial charge in [0.25, 0.3) is 0 Å². The van der Waals surface area contributed by atoms with Crippen molar-refractivity contribution in [3.63, 3.8) is 0 Å². The molecule has 3 aliphatic carbocycles. The molecule has 0 heterocycles. The first-order valence-electron chi connectivity index (χ1n) is 8.61. The molecule has 26 heavy (non-hydrogen) atoms. The van der Waals surface area contributed by atoms with Crippen LogP contribution in [-0.4, -0.2) is 14.2 Å². The Morgan fingerprint density at radius 1 is 0.769 bits per heavy atom. The van der Waals surface area contributed by atoms with Gasteiger partial charge in [-0.2, -0.15) is 23.8 Å². The van der Waals surface area contributed by atoms with E-state index in [1.54, 1.807) is 14.2 Å². The van der Waals surface area contributed by atoms with Gasteiger partial charge in [-0.1, -0.05) is 31.2 Å². The minimum Gasteiger partial charge on any atom is -0.496 e. The molecule has 3 aliphatic rings. The Bertz CT molecular complexity index is 954. The van der Waals surface area contributed by atoms with Gasteiger partial charge < -0.3 is 9.47 Å². The zero-order valence-electron chi connectivity index (χ0n) is 15.0. The van der Waals surface area contributed by atoms with E-state index in [1.165, 1.54) is 38.9 Å². The van der Waals surface area contributed by atoms with Gasteiger partial charge >= 0.3 is 0 Å². The van der Waals surface area contributed by atoms with Crippen LogP contribution in [-0.2, 0) is 20.4 Å². The normalized spacial score (nSPS) is 18.3. The van der Waals surface area contributed by atoms with Gasteiger partial charge in [0.15, 0.2) is 0 Å². The van der Waals surface area contributed by atoms with Crippen LogP contribution in [0.3, 0.4) is 0 Å². The van der Waals surface area contributed by atoms with Gasteiger partial charge in [0.2, 0.25) is 0 Å². The smallest absolute Gasteiger partial charge is 0.122 e. The molecule has 0 aromatic heterocycles. The van der Waals surface area contributed by atoms with Crippen LogP contribution in [0.4, 0.5) is 0 Å². The maximum Gasteiger partial charge on any atom is 0.122 e. The van der Waals surface area contributed by atoms with Crippen LogP contribution in [0.1, 0.15) is 50.8 Å². The summed E-state index contributed by atoms with van der Waals surface area (Å²) in [6, 6.07) is 20.5. The summed E-state index contributed by atoms with van der Waals surface area (Å²) in [6.45, 7) is 2.19. The van der Waals surface area contributed by atoms with E-state index in [4.69, 9.17) is 9.47 Å². The molecule has 3 aromatic carbocycles. The van der Waals surface area contributed by atoms with Crippen molar-refractivity contribution in [1.82, 2.24) is 0 Å². The first kappa shape index (κ1) is 17.3. The van der Waals surface area contributed by atoms with Gasteiger partial charge in [-0.3, -0.25) is 0 Å². The van der Waals surface area contributed by atoms with Gasteiger partial charge in [-0.15, -0.1) is 11.1 Å². The summed E-state index contributed by atoms with van der Waals surface area (Å²) in [6.07, 6.45) is 0. The van der Waals surface area contributed by atoms with Crippen molar-refractivity contribution in [2.45, 2.75) is 18.8 Å². The standard InChI is InChI=1S/C23H19O2.Re/c1-13-7-4-8-14-19(13)23-21-15(9-5-11-17(21)24-2)20(14)16-10-6-12-18(25-3)22(16)23;/h4-7,9-12,20,23H,1-3H3;/q-1;. The Morgan fingerprint density at radius 2 is 1.35 bits per heavy atom. The van der Waals surface area contributed by atoms with Crippen molar-refractivity contribution in [1.29, 1.82) is 0 Å². The molecule has 3 heteroatoms. The molecule has 0 amide bonds. The third kappa shape index (κ3) is 2.08. The van der Waals surface area contributed by atoms with Crippen molar-refractivity contribution in [3.8, 4) is 11.5 Å². The van der Waals surface area contributed by atoms with Crippen molar-refractivity contribution >= 4 is 0 Å². The third-order valence-electron chi connectivity index (χ3n) is 5.70. The molecule has 2 nitrogen and oxygen atoms in total. The summed E-state index contributed by atoms with van der Waals surface area (Å²) in [7, 11) is 3.51. The maximum atomic E-state index is 5.76. The van der Waals surface area contributed by atoms with Gasteiger partial charge in [0.1, 0.15) is 11.5 Å². The summed E-state index contributed by atoms with van der Waals surface area (Å²) in [5.74, 6) is 2.24. The summed E-state index contributed by atoms with van der Waals surface area (Å²) >= 11 is 0. The van der Waals surface area contributed by atoms with Crippen LogP contribution in [0.25, 0.3) is 0 Å². The van der Waals surface area contributed by atoms with E-state index >= 15 is 0 Å². The first-order valence-corrected chi connectivity index (χ1v) is 8.61. The number of hydrogen-bond donors (Lipinski definition) is 0. The zero-order valence-corrected chi connectivity index (χ0v) is 17.7. The topological polar surface area (TPSA) is 18.5 Å². The van der Waals surface area contributed by atoms with Crippen LogP contribution < -0.4 is 9.47 Å². The second-order valence-corrected chi connectivity index (χ2v) is 6.78. The minimum absolute atomic E-state index is 0. The molecule has 6 rings (SSSR count). The molecule has 0 saturated carbocycles. The Kier molecular flexibility index (Phi) is 4.18. The maximum absolute atomic E-state index is 5.76. The zero-order chi connectivity index (χ0) is 17.1. The van der Waals surface area contributed by atoms with Crippen molar-refractivity contribution in [2.24, 2.45) is 0 Å². The average molecular weight is 514 g/mol. The summed E-state index contributed by atoms with van der Waals surface area (Å²) in [5, 5.41) is 0. The fourth-order valence-corrected chi connectivity index (χ4v) is 4.77.